The highest BCUT2D eigenvalue weighted by Gasteiger charge is 2.16. The Kier molecular flexibility index (Phi) is 4.97. The zero-order valence-corrected chi connectivity index (χ0v) is 14.1. The zero-order chi connectivity index (χ0) is 13.2. The lowest BCUT2D eigenvalue weighted by Gasteiger charge is -2.16. The molecule has 0 unspecified atom stereocenters. The van der Waals surface area contributed by atoms with Gasteiger partial charge in [0, 0.05) is 5.69 Å². The molecule has 0 spiro atoms. The van der Waals surface area contributed by atoms with E-state index in [2.05, 4.69) is 36.9 Å². The molecule has 96 valence electrons. The number of aromatic nitrogens is 1. The molecule has 0 radical (unpaired) electrons. The predicted molar refractivity (Wildman–Crippen MR) is 75.5 cm³/mol. The van der Waals surface area contributed by atoms with Crippen molar-refractivity contribution in [3.63, 3.8) is 0 Å². The maximum atomic E-state index is 11.6. The standard InChI is InChI=1S/C10H14Br2N2O2S/c1-6-7(12)17-8(14(6)5-11)13-9(15)16-10(2,3)4/h5H2,1-4H3. The maximum Gasteiger partial charge on any atom is 0.436 e. The lowest BCUT2D eigenvalue weighted by Crippen LogP contribution is -2.24. The molecule has 0 fully saturated rings. The number of carbonyl (C=O) groups excluding carboxylic acids is 1. The minimum atomic E-state index is -0.569. The first kappa shape index (κ1) is 14.9. The maximum absolute atomic E-state index is 11.6. The van der Waals surface area contributed by atoms with Crippen molar-refractivity contribution in [3.8, 4) is 0 Å². The quantitative estimate of drug-likeness (QED) is 0.690. The molecule has 1 aromatic heterocycles. The summed E-state index contributed by atoms with van der Waals surface area (Å²) in [7, 11) is 0. The highest BCUT2D eigenvalue weighted by atomic mass is 79.9. The van der Waals surface area contributed by atoms with E-state index < -0.39 is 11.7 Å². The van der Waals surface area contributed by atoms with Crippen LogP contribution in [0.25, 0.3) is 0 Å². The average molecular weight is 386 g/mol. The Morgan fingerprint density at radius 2 is 2.12 bits per heavy atom. The molecule has 1 amide bonds. The Morgan fingerprint density at radius 3 is 2.59 bits per heavy atom. The summed E-state index contributed by atoms with van der Waals surface area (Å²) in [5.41, 5.74) is 1.08. The van der Waals surface area contributed by atoms with Crippen molar-refractivity contribution < 1.29 is 9.53 Å². The molecule has 0 N–H and O–H groups in total. The Morgan fingerprint density at radius 1 is 1.53 bits per heavy atom. The minimum Gasteiger partial charge on any atom is -0.442 e. The van der Waals surface area contributed by atoms with Crippen LogP contribution in [0.5, 0.6) is 0 Å². The van der Waals surface area contributed by atoms with Gasteiger partial charge < -0.3 is 9.30 Å². The predicted octanol–water partition coefficient (Wildman–Crippen LogP) is 3.81. The second-order valence-corrected chi connectivity index (χ2v) is 7.18. The highest BCUT2D eigenvalue weighted by Crippen LogP contribution is 2.19. The van der Waals surface area contributed by atoms with Gasteiger partial charge in [-0.25, -0.2) is 4.79 Å². The van der Waals surface area contributed by atoms with E-state index in [4.69, 9.17) is 4.74 Å². The Hall–Kier alpha value is -0.140. The second-order valence-electron chi connectivity index (χ2n) is 4.38. The smallest absolute Gasteiger partial charge is 0.436 e. The van der Waals surface area contributed by atoms with E-state index in [0.29, 0.717) is 10.3 Å². The van der Waals surface area contributed by atoms with Crippen LogP contribution in [0.4, 0.5) is 4.79 Å². The summed E-state index contributed by atoms with van der Waals surface area (Å²) in [5.74, 6) is 0. The first-order chi connectivity index (χ1) is 7.74. The fraction of sp³-hybridized carbons (Fsp3) is 0.600. The zero-order valence-electron chi connectivity index (χ0n) is 10.1. The monoisotopic (exact) mass is 384 g/mol. The molecule has 0 bridgehead atoms. The molecule has 1 heterocycles. The number of alkyl halides is 1. The van der Waals surface area contributed by atoms with Crippen molar-refractivity contribution in [2.75, 3.05) is 0 Å². The molecule has 17 heavy (non-hydrogen) atoms. The van der Waals surface area contributed by atoms with Crippen LogP contribution in [0.1, 0.15) is 26.5 Å². The van der Waals surface area contributed by atoms with Crippen LogP contribution in [0, 0.1) is 6.92 Å². The lowest BCUT2D eigenvalue weighted by atomic mass is 10.2. The largest absolute Gasteiger partial charge is 0.442 e. The molecule has 0 saturated heterocycles. The Balaban J connectivity index is 3.08. The van der Waals surface area contributed by atoms with Crippen molar-refractivity contribution in [1.29, 1.82) is 0 Å². The van der Waals surface area contributed by atoms with E-state index in [1.165, 1.54) is 11.3 Å². The fourth-order valence-corrected chi connectivity index (χ4v) is 3.32. The number of halogens is 2. The second kappa shape index (κ2) is 5.67. The number of hydrogen-bond acceptors (Lipinski definition) is 3. The van der Waals surface area contributed by atoms with Crippen LogP contribution >= 0.6 is 43.2 Å². The third kappa shape index (κ3) is 4.22. The summed E-state index contributed by atoms with van der Waals surface area (Å²) >= 11 is 8.19. The van der Waals surface area contributed by atoms with E-state index in [-0.39, 0.29) is 0 Å². The molecule has 4 nitrogen and oxygen atoms in total. The average Bonchev–Trinajstić information content (AvgIpc) is 2.39. The molecular formula is C10H14Br2N2O2S. The molecule has 0 aliphatic carbocycles. The van der Waals surface area contributed by atoms with Gasteiger partial charge in [0.05, 0.1) is 9.24 Å². The van der Waals surface area contributed by atoms with Gasteiger partial charge in [0.1, 0.15) is 5.60 Å². The first-order valence-corrected chi connectivity index (χ1v) is 7.67. The molecule has 0 atom stereocenters. The molecule has 1 aromatic rings. The van der Waals surface area contributed by atoms with Crippen molar-refractivity contribution >= 4 is 49.3 Å². The summed E-state index contributed by atoms with van der Waals surface area (Å²) < 4.78 is 7.99. The van der Waals surface area contributed by atoms with E-state index >= 15 is 0 Å². The van der Waals surface area contributed by atoms with Gasteiger partial charge >= 0.3 is 6.09 Å². The topological polar surface area (TPSA) is 43.6 Å². The van der Waals surface area contributed by atoms with Crippen LogP contribution in [0.2, 0.25) is 0 Å². The van der Waals surface area contributed by atoms with Gasteiger partial charge in [-0.3, -0.25) is 0 Å². The van der Waals surface area contributed by atoms with Crippen LogP contribution < -0.4 is 4.80 Å². The van der Waals surface area contributed by atoms with Crippen molar-refractivity contribution in [3.05, 3.63) is 14.3 Å². The van der Waals surface area contributed by atoms with E-state index in [1.54, 1.807) is 0 Å². The van der Waals surface area contributed by atoms with E-state index in [1.807, 2.05) is 32.3 Å². The summed E-state index contributed by atoms with van der Waals surface area (Å²) in [6.45, 7) is 7.40. The number of rotatable bonds is 1. The third-order valence-electron chi connectivity index (χ3n) is 1.80. The number of ether oxygens (including phenoxy) is 1. The van der Waals surface area contributed by atoms with E-state index in [9.17, 15) is 4.79 Å². The van der Waals surface area contributed by atoms with Gasteiger partial charge in [-0.2, -0.15) is 0 Å². The van der Waals surface area contributed by atoms with E-state index in [0.717, 1.165) is 9.48 Å². The fourth-order valence-electron chi connectivity index (χ4n) is 1.05. The first-order valence-electron chi connectivity index (χ1n) is 4.94. The summed E-state index contributed by atoms with van der Waals surface area (Å²) in [6, 6.07) is 0. The van der Waals surface area contributed by atoms with Gasteiger partial charge in [0.2, 0.25) is 0 Å². The van der Waals surface area contributed by atoms with Gasteiger partial charge in [-0.05, 0) is 43.6 Å². The Bertz CT molecular complexity index is 485. The van der Waals surface area contributed by atoms with Crippen LogP contribution in [0.15, 0.2) is 8.78 Å². The van der Waals surface area contributed by atoms with Crippen LogP contribution in [-0.4, -0.2) is 16.3 Å². The van der Waals surface area contributed by atoms with Gasteiger partial charge in [-0.1, -0.05) is 27.3 Å². The highest BCUT2D eigenvalue weighted by molar-refractivity contribution is 9.11. The van der Waals surface area contributed by atoms with Gasteiger partial charge in [-0.15, -0.1) is 4.99 Å². The minimum absolute atomic E-state index is 0.524. The molecule has 0 saturated carbocycles. The van der Waals surface area contributed by atoms with Crippen molar-refractivity contribution in [2.45, 2.75) is 38.8 Å². The van der Waals surface area contributed by atoms with Crippen molar-refractivity contribution in [1.82, 2.24) is 4.57 Å². The molecule has 0 aromatic carbocycles. The number of carbonyl (C=O) groups is 1. The number of amides is 1. The molecule has 0 aliphatic rings. The molecule has 1 rings (SSSR count). The third-order valence-corrected chi connectivity index (χ3v) is 4.33. The van der Waals surface area contributed by atoms with Gasteiger partial charge in [0.15, 0.2) is 4.80 Å². The van der Waals surface area contributed by atoms with Crippen LogP contribution in [-0.2, 0) is 10.2 Å². The number of hydrogen-bond donors (Lipinski definition) is 0. The van der Waals surface area contributed by atoms with Crippen LogP contribution in [0.3, 0.4) is 0 Å². The lowest BCUT2D eigenvalue weighted by molar-refractivity contribution is 0.0596. The normalized spacial score (nSPS) is 12.9. The summed E-state index contributed by atoms with van der Waals surface area (Å²) in [5, 5.41) is 0. The summed E-state index contributed by atoms with van der Waals surface area (Å²) in [6.07, 6.45) is -0.569. The van der Waals surface area contributed by atoms with Gasteiger partial charge in [0.25, 0.3) is 0 Å². The number of nitrogens with zero attached hydrogens (tertiary/aromatic N) is 2. The summed E-state index contributed by atoms with van der Waals surface area (Å²) in [4.78, 5) is 16.2. The molecule has 0 aliphatic heterocycles. The number of thiazole rings is 1. The molecule has 7 heteroatoms. The Labute approximate surface area is 121 Å². The molecular weight excluding hydrogens is 372 g/mol. The van der Waals surface area contributed by atoms with Crippen molar-refractivity contribution in [2.24, 2.45) is 4.99 Å². The SMILES string of the molecule is Cc1c(Br)sc(=NC(=O)OC(C)(C)C)n1CBr.